The number of rotatable bonds is 6. The average Bonchev–Trinajstić information content (AvgIpc) is 3.22. The van der Waals surface area contributed by atoms with Crippen molar-refractivity contribution in [3.63, 3.8) is 0 Å². The molecular formula is C23H27N5. The molecule has 1 saturated heterocycles. The van der Waals surface area contributed by atoms with Crippen LogP contribution in [0, 0.1) is 13.8 Å². The van der Waals surface area contributed by atoms with Crippen LogP contribution < -0.4 is 15.5 Å². The Bertz CT molecular complexity index is 930. The summed E-state index contributed by atoms with van der Waals surface area (Å²) in [5.41, 5.74) is 5.76. The van der Waals surface area contributed by atoms with E-state index >= 15 is 0 Å². The van der Waals surface area contributed by atoms with Crippen LogP contribution in [0.3, 0.4) is 0 Å². The van der Waals surface area contributed by atoms with E-state index in [0.29, 0.717) is 5.95 Å². The molecule has 0 aliphatic carbocycles. The molecule has 0 radical (unpaired) electrons. The summed E-state index contributed by atoms with van der Waals surface area (Å²) in [6.45, 7) is 7.17. The fraction of sp³-hybridized carbons (Fsp3) is 0.304. The van der Waals surface area contributed by atoms with Gasteiger partial charge in [0.2, 0.25) is 5.95 Å². The summed E-state index contributed by atoms with van der Waals surface area (Å²) in [4.78, 5) is 11.6. The highest BCUT2D eigenvalue weighted by molar-refractivity contribution is 5.60. The van der Waals surface area contributed by atoms with E-state index in [1.165, 1.54) is 29.7 Å². The molecule has 0 unspecified atom stereocenters. The first-order valence-corrected chi connectivity index (χ1v) is 9.93. The Labute approximate surface area is 166 Å². The van der Waals surface area contributed by atoms with Gasteiger partial charge in [-0.3, -0.25) is 0 Å². The van der Waals surface area contributed by atoms with Gasteiger partial charge in [0, 0.05) is 42.8 Å². The topological polar surface area (TPSA) is 53.1 Å². The second-order valence-corrected chi connectivity index (χ2v) is 7.36. The predicted octanol–water partition coefficient (Wildman–Crippen LogP) is 5.05. The van der Waals surface area contributed by atoms with Gasteiger partial charge in [-0.2, -0.15) is 4.98 Å². The molecule has 1 fully saturated rings. The first-order chi connectivity index (χ1) is 13.7. The molecule has 144 valence electrons. The zero-order chi connectivity index (χ0) is 19.3. The van der Waals surface area contributed by atoms with Crippen molar-refractivity contribution in [2.75, 3.05) is 28.6 Å². The predicted molar refractivity (Wildman–Crippen MR) is 116 cm³/mol. The Morgan fingerprint density at radius 1 is 0.929 bits per heavy atom. The maximum absolute atomic E-state index is 4.63. The summed E-state index contributed by atoms with van der Waals surface area (Å²) in [7, 11) is 0. The highest BCUT2D eigenvalue weighted by Gasteiger charge is 2.12. The van der Waals surface area contributed by atoms with Gasteiger partial charge in [-0.25, -0.2) is 4.98 Å². The Balaban J connectivity index is 1.44. The molecule has 0 saturated carbocycles. The van der Waals surface area contributed by atoms with Gasteiger partial charge in [-0.15, -0.1) is 0 Å². The Hall–Kier alpha value is -3.08. The summed E-state index contributed by atoms with van der Waals surface area (Å²) in [6.07, 6.45) is 2.57. The van der Waals surface area contributed by atoms with E-state index in [0.717, 1.165) is 36.8 Å². The molecule has 1 aliphatic rings. The number of hydrogen-bond acceptors (Lipinski definition) is 5. The highest BCUT2D eigenvalue weighted by atomic mass is 15.2. The van der Waals surface area contributed by atoms with E-state index in [1.807, 2.05) is 13.0 Å². The van der Waals surface area contributed by atoms with Gasteiger partial charge in [0.05, 0.1) is 0 Å². The number of nitrogens with one attached hydrogen (secondary N) is 2. The molecule has 0 spiro atoms. The van der Waals surface area contributed by atoms with Crippen molar-refractivity contribution in [1.29, 1.82) is 0 Å². The van der Waals surface area contributed by atoms with E-state index in [9.17, 15) is 0 Å². The van der Waals surface area contributed by atoms with E-state index in [2.05, 4.69) is 81.0 Å². The Kier molecular flexibility index (Phi) is 5.42. The summed E-state index contributed by atoms with van der Waals surface area (Å²) in [5, 5.41) is 6.75. The van der Waals surface area contributed by atoms with Crippen molar-refractivity contribution in [3.05, 3.63) is 71.4 Å². The molecule has 2 N–H and O–H groups in total. The average molecular weight is 374 g/mol. The second-order valence-electron chi connectivity index (χ2n) is 7.36. The van der Waals surface area contributed by atoms with Crippen molar-refractivity contribution >= 4 is 23.1 Å². The summed E-state index contributed by atoms with van der Waals surface area (Å²) >= 11 is 0. The van der Waals surface area contributed by atoms with E-state index in [-0.39, 0.29) is 0 Å². The third-order valence-corrected chi connectivity index (χ3v) is 5.17. The molecule has 1 aromatic heterocycles. The van der Waals surface area contributed by atoms with Gasteiger partial charge in [-0.1, -0.05) is 24.3 Å². The van der Waals surface area contributed by atoms with Crippen LogP contribution in [-0.4, -0.2) is 23.1 Å². The number of aromatic nitrogens is 2. The van der Waals surface area contributed by atoms with Crippen LogP contribution in [0.2, 0.25) is 0 Å². The molecule has 28 heavy (non-hydrogen) atoms. The highest BCUT2D eigenvalue weighted by Crippen LogP contribution is 2.23. The van der Waals surface area contributed by atoms with Crippen LogP contribution >= 0.6 is 0 Å². The number of anilines is 4. The molecule has 0 bridgehead atoms. The number of hydrogen-bond donors (Lipinski definition) is 2. The molecule has 3 aromatic rings. The fourth-order valence-electron chi connectivity index (χ4n) is 3.57. The molecule has 0 amide bonds. The van der Waals surface area contributed by atoms with Gasteiger partial charge in [-0.05, 0) is 62.1 Å². The molecule has 4 rings (SSSR count). The van der Waals surface area contributed by atoms with Gasteiger partial charge in [0.1, 0.15) is 5.82 Å². The van der Waals surface area contributed by atoms with Gasteiger partial charge < -0.3 is 15.5 Å². The van der Waals surface area contributed by atoms with Crippen molar-refractivity contribution in [1.82, 2.24) is 9.97 Å². The van der Waals surface area contributed by atoms with Crippen molar-refractivity contribution in [2.45, 2.75) is 33.2 Å². The SMILES string of the molecule is Cc1cc(NCc2ccccc2C)nc(Nc2ccc(N3CCCC3)cc2)n1. The minimum Gasteiger partial charge on any atom is -0.372 e. The zero-order valence-corrected chi connectivity index (χ0v) is 16.6. The van der Waals surface area contributed by atoms with Crippen LogP contribution in [0.25, 0.3) is 0 Å². The van der Waals surface area contributed by atoms with Gasteiger partial charge >= 0.3 is 0 Å². The lowest BCUT2D eigenvalue weighted by atomic mass is 10.1. The van der Waals surface area contributed by atoms with E-state index in [1.54, 1.807) is 0 Å². The second kappa shape index (κ2) is 8.30. The third-order valence-electron chi connectivity index (χ3n) is 5.17. The number of aryl methyl sites for hydroxylation is 2. The molecule has 5 nitrogen and oxygen atoms in total. The molecule has 2 heterocycles. The smallest absolute Gasteiger partial charge is 0.229 e. The largest absolute Gasteiger partial charge is 0.372 e. The van der Waals surface area contributed by atoms with Crippen LogP contribution in [0.1, 0.15) is 29.7 Å². The van der Waals surface area contributed by atoms with Crippen molar-refractivity contribution < 1.29 is 0 Å². The fourth-order valence-corrected chi connectivity index (χ4v) is 3.57. The van der Waals surface area contributed by atoms with Crippen LogP contribution in [-0.2, 0) is 6.54 Å². The Morgan fingerprint density at radius 3 is 2.43 bits per heavy atom. The number of benzene rings is 2. The third kappa shape index (κ3) is 4.42. The normalized spacial score (nSPS) is 13.6. The van der Waals surface area contributed by atoms with E-state index < -0.39 is 0 Å². The van der Waals surface area contributed by atoms with Crippen LogP contribution in [0.15, 0.2) is 54.6 Å². The lowest BCUT2D eigenvalue weighted by molar-refractivity contribution is 0.949. The quantitative estimate of drug-likeness (QED) is 0.633. The minimum absolute atomic E-state index is 0.612. The molecule has 5 heteroatoms. The summed E-state index contributed by atoms with van der Waals surface area (Å²) in [5.74, 6) is 1.44. The first kappa shape index (κ1) is 18.3. The van der Waals surface area contributed by atoms with E-state index in [4.69, 9.17) is 0 Å². The molecular weight excluding hydrogens is 346 g/mol. The summed E-state index contributed by atoms with van der Waals surface area (Å²) < 4.78 is 0. The van der Waals surface area contributed by atoms with Gasteiger partial charge in [0.25, 0.3) is 0 Å². The monoisotopic (exact) mass is 373 g/mol. The molecule has 0 atom stereocenters. The first-order valence-electron chi connectivity index (χ1n) is 9.93. The maximum Gasteiger partial charge on any atom is 0.229 e. The van der Waals surface area contributed by atoms with Crippen LogP contribution in [0.5, 0.6) is 0 Å². The Morgan fingerprint density at radius 2 is 1.68 bits per heavy atom. The maximum atomic E-state index is 4.63. The lowest BCUT2D eigenvalue weighted by Crippen LogP contribution is -2.17. The number of nitrogens with zero attached hydrogens (tertiary/aromatic N) is 3. The summed E-state index contributed by atoms with van der Waals surface area (Å²) in [6, 6.07) is 18.9. The van der Waals surface area contributed by atoms with Gasteiger partial charge in [0.15, 0.2) is 0 Å². The molecule has 2 aromatic carbocycles. The van der Waals surface area contributed by atoms with Crippen molar-refractivity contribution in [3.8, 4) is 0 Å². The lowest BCUT2D eigenvalue weighted by Gasteiger charge is -2.18. The van der Waals surface area contributed by atoms with Crippen LogP contribution in [0.4, 0.5) is 23.1 Å². The minimum atomic E-state index is 0.612. The molecule has 1 aliphatic heterocycles. The zero-order valence-electron chi connectivity index (χ0n) is 16.6. The van der Waals surface area contributed by atoms with Crippen molar-refractivity contribution in [2.24, 2.45) is 0 Å². The standard InChI is InChI=1S/C23H27N5/c1-17-7-3-4-8-19(17)16-24-22-15-18(2)25-23(27-22)26-20-9-11-21(12-10-20)28-13-5-6-14-28/h3-4,7-12,15H,5-6,13-14,16H2,1-2H3,(H2,24,25,26,27).